The van der Waals surface area contributed by atoms with E-state index in [4.69, 9.17) is 0 Å². The largest absolute Gasteiger partial charge is 0.351 e. The highest BCUT2D eigenvalue weighted by Crippen LogP contribution is 2.18. The average Bonchev–Trinajstić information content (AvgIpc) is 2.83. The molecule has 3 heteroatoms. The molecule has 2 aromatic rings. The van der Waals surface area contributed by atoms with Crippen LogP contribution in [-0.4, -0.2) is 37.0 Å². The van der Waals surface area contributed by atoms with E-state index in [9.17, 15) is 4.79 Å². The number of rotatable bonds is 4. The summed E-state index contributed by atoms with van der Waals surface area (Å²) < 4.78 is 0. The van der Waals surface area contributed by atoms with Crippen LogP contribution in [0.5, 0.6) is 0 Å². The maximum Gasteiger partial charge on any atom is 0.251 e. The third-order valence-electron chi connectivity index (χ3n) is 4.45. The molecule has 1 N–H and O–H groups in total. The molecular formula is C19H24N2O. The Morgan fingerprint density at radius 2 is 1.68 bits per heavy atom. The zero-order valence-corrected chi connectivity index (χ0v) is 13.1. The molecule has 0 bridgehead atoms. The van der Waals surface area contributed by atoms with Crippen LogP contribution < -0.4 is 5.32 Å². The number of nitrogens with zero attached hydrogens (tertiary/aromatic N) is 1. The van der Waals surface area contributed by atoms with Crippen LogP contribution in [0, 0.1) is 0 Å². The van der Waals surface area contributed by atoms with Crippen molar-refractivity contribution in [3.8, 4) is 0 Å². The number of nitrogens with one attached hydrogen (secondary N) is 1. The van der Waals surface area contributed by atoms with Gasteiger partial charge in [-0.15, -0.1) is 0 Å². The minimum atomic E-state index is 0.0339. The molecule has 1 aliphatic heterocycles. The van der Waals surface area contributed by atoms with Gasteiger partial charge in [-0.05, 0) is 42.8 Å². The minimum absolute atomic E-state index is 0.0339. The Morgan fingerprint density at radius 1 is 0.955 bits per heavy atom. The Bertz CT molecular complexity index is 625. The van der Waals surface area contributed by atoms with Crippen LogP contribution in [0.2, 0.25) is 0 Å². The Labute approximate surface area is 132 Å². The van der Waals surface area contributed by atoms with Crippen molar-refractivity contribution >= 4 is 16.7 Å². The third-order valence-corrected chi connectivity index (χ3v) is 4.45. The second-order valence-electron chi connectivity index (χ2n) is 6.04. The van der Waals surface area contributed by atoms with Crippen LogP contribution >= 0.6 is 0 Å². The number of carbonyl (C=O) groups is 1. The molecule has 1 fully saturated rings. The molecule has 0 radical (unpaired) electrons. The second-order valence-corrected chi connectivity index (χ2v) is 6.04. The zero-order chi connectivity index (χ0) is 15.2. The maximum atomic E-state index is 12.4. The second kappa shape index (κ2) is 7.41. The van der Waals surface area contributed by atoms with E-state index in [2.05, 4.69) is 10.2 Å². The Balaban J connectivity index is 1.59. The van der Waals surface area contributed by atoms with Gasteiger partial charge in [-0.3, -0.25) is 4.79 Å². The molecule has 1 aliphatic rings. The third kappa shape index (κ3) is 3.66. The monoisotopic (exact) mass is 296 g/mol. The van der Waals surface area contributed by atoms with Crippen LogP contribution in [0.1, 0.15) is 36.0 Å². The molecular weight excluding hydrogens is 272 g/mol. The van der Waals surface area contributed by atoms with E-state index in [0.717, 1.165) is 29.4 Å². The minimum Gasteiger partial charge on any atom is -0.351 e. The van der Waals surface area contributed by atoms with Crippen molar-refractivity contribution in [2.24, 2.45) is 0 Å². The molecule has 3 nitrogen and oxygen atoms in total. The van der Waals surface area contributed by atoms with Gasteiger partial charge < -0.3 is 10.2 Å². The molecule has 0 saturated carbocycles. The van der Waals surface area contributed by atoms with Gasteiger partial charge in [0.2, 0.25) is 0 Å². The van der Waals surface area contributed by atoms with Crippen molar-refractivity contribution in [3.05, 3.63) is 48.0 Å². The summed E-state index contributed by atoms with van der Waals surface area (Å²) in [6.07, 6.45) is 5.27. The first-order valence-electron chi connectivity index (χ1n) is 8.33. The SMILES string of the molecule is O=C(NCCN1CCCCCC1)c1cccc2ccccc12. The van der Waals surface area contributed by atoms with Gasteiger partial charge in [-0.1, -0.05) is 49.2 Å². The van der Waals surface area contributed by atoms with Gasteiger partial charge in [-0.2, -0.15) is 0 Å². The number of likely N-dealkylation sites (tertiary alicyclic amines) is 1. The average molecular weight is 296 g/mol. The van der Waals surface area contributed by atoms with Gasteiger partial charge in [-0.25, -0.2) is 0 Å². The van der Waals surface area contributed by atoms with Crippen LogP contribution in [0.15, 0.2) is 42.5 Å². The highest BCUT2D eigenvalue weighted by atomic mass is 16.1. The van der Waals surface area contributed by atoms with Gasteiger partial charge in [0.25, 0.3) is 5.91 Å². The predicted molar refractivity (Wildman–Crippen MR) is 91.2 cm³/mol. The Kier molecular flexibility index (Phi) is 5.07. The van der Waals surface area contributed by atoms with Gasteiger partial charge in [0, 0.05) is 18.7 Å². The fourth-order valence-electron chi connectivity index (χ4n) is 3.21. The molecule has 0 spiro atoms. The normalized spacial score (nSPS) is 16.4. The van der Waals surface area contributed by atoms with Crippen molar-refractivity contribution in [2.75, 3.05) is 26.2 Å². The zero-order valence-electron chi connectivity index (χ0n) is 13.1. The quantitative estimate of drug-likeness (QED) is 0.937. The lowest BCUT2D eigenvalue weighted by Crippen LogP contribution is -2.35. The maximum absolute atomic E-state index is 12.4. The molecule has 0 aromatic heterocycles. The van der Waals surface area contributed by atoms with E-state index >= 15 is 0 Å². The predicted octanol–water partition coefficient (Wildman–Crippen LogP) is 3.45. The van der Waals surface area contributed by atoms with E-state index in [-0.39, 0.29) is 5.91 Å². The summed E-state index contributed by atoms with van der Waals surface area (Å²) >= 11 is 0. The molecule has 2 aromatic carbocycles. The Hall–Kier alpha value is -1.87. The molecule has 1 heterocycles. The van der Waals surface area contributed by atoms with Crippen LogP contribution in [-0.2, 0) is 0 Å². The van der Waals surface area contributed by atoms with Crippen molar-refractivity contribution in [1.82, 2.24) is 10.2 Å². The van der Waals surface area contributed by atoms with E-state index < -0.39 is 0 Å². The number of fused-ring (bicyclic) bond motifs is 1. The van der Waals surface area contributed by atoms with E-state index in [0.29, 0.717) is 0 Å². The molecule has 1 saturated heterocycles. The van der Waals surface area contributed by atoms with Gasteiger partial charge in [0.15, 0.2) is 0 Å². The smallest absolute Gasteiger partial charge is 0.251 e. The summed E-state index contributed by atoms with van der Waals surface area (Å²) in [5, 5.41) is 5.22. The van der Waals surface area contributed by atoms with E-state index in [1.807, 2.05) is 42.5 Å². The van der Waals surface area contributed by atoms with Crippen LogP contribution in [0.3, 0.4) is 0 Å². The summed E-state index contributed by atoms with van der Waals surface area (Å²) in [5.74, 6) is 0.0339. The summed E-state index contributed by atoms with van der Waals surface area (Å²) in [4.78, 5) is 14.9. The molecule has 3 rings (SSSR count). The number of amides is 1. The summed E-state index contributed by atoms with van der Waals surface area (Å²) in [6, 6.07) is 13.9. The first-order valence-corrected chi connectivity index (χ1v) is 8.33. The number of benzene rings is 2. The fraction of sp³-hybridized carbons (Fsp3) is 0.421. The number of hydrogen-bond acceptors (Lipinski definition) is 2. The highest BCUT2D eigenvalue weighted by molar-refractivity contribution is 6.06. The Morgan fingerprint density at radius 3 is 2.50 bits per heavy atom. The summed E-state index contributed by atoms with van der Waals surface area (Å²) in [5.41, 5.74) is 0.772. The van der Waals surface area contributed by atoms with Gasteiger partial charge >= 0.3 is 0 Å². The van der Waals surface area contributed by atoms with Crippen LogP contribution in [0.25, 0.3) is 10.8 Å². The molecule has 0 unspecified atom stereocenters. The van der Waals surface area contributed by atoms with Crippen LogP contribution in [0.4, 0.5) is 0 Å². The summed E-state index contributed by atoms with van der Waals surface area (Å²) in [7, 11) is 0. The highest BCUT2D eigenvalue weighted by Gasteiger charge is 2.11. The molecule has 0 aliphatic carbocycles. The van der Waals surface area contributed by atoms with E-state index in [1.54, 1.807) is 0 Å². The lowest BCUT2D eigenvalue weighted by molar-refractivity contribution is 0.0950. The molecule has 116 valence electrons. The topological polar surface area (TPSA) is 32.3 Å². The van der Waals surface area contributed by atoms with Crippen molar-refractivity contribution in [2.45, 2.75) is 25.7 Å². The summed E-state index contributed by atoms with van der Waals surface area (Å²) in [6.45, 7) is 4.02. The van der Waals surface area contributed by atoms with Crippen molar-refractivity contribution in [3.63, 3.8) is 0 Å². The lowest BCUT2D eigenvalue weighted by Gasteiger charge is -2.19. The van der Waals surface area contributed by atoms with Crippen molar-refractivity contribution in [1.29, 1.82) is 0 Å². The molecule has 22 heavy (non-hydrogen) atoms. The first kappa shape index (κ1) is 15.0. The fourth-order valence-corrected chi connectivity index (χ4v) is 3.21. The molecule has 1 amide bonds. The van der Waals surface area contributed by atoms with Gasteiger partial charge in [0.05, 0.1) is 0 Å². The number of carbonyl (C=O) groups excluding carboxylic acids is 1. The first-order chi connectivity index (χ1) is 10.8. The van der Waals surface area contributed by atoms with E-state index in [1.165, 1.54) is 38.8 Å². The van der Waals surface area contributed by atoms with Crippen molar-refractivity contribution < 1.29 is 4.79 Å². The van der Waals surface area contributed by atoms with Gasteiger partial charge in [0.1, 0.15) is 0 Å². The lowest BCUT2D eigenvalue weighted by atomic mass is 10.0. The standard InChI is InChI=1S/C19H24N2O/c22-19(20-12-15-21-13-5-1-2-6-14-21)18-11-7-9-16-8-3-4-10-17(16)18/h3-4,7-11H,1-2,5-6,12-15H2,(H,20,22). The molecule has 0 atom stereocenters. The number of hydrogen-bond donors (Lipinski definition) is 1.